The van der Waals surface area contributed by atoms with E-state index in [1.807, 2.05) is 32.0 Å². The fourth-order valence-corrected chi connectivity index (χ4v) is 3.08. The van der Waals surface area contributed by atoms with Crippen LogP contribution in [-0.2, 0) is 21.4 Å². The summed E-state index contributed by atoms with van der Waals surface area (Å²) in [7, 11) is -2.04. The molecule has 0 unspecified atom stereocenters. The van der Waals surface area contributed by atoms with Crippen LogP contribution in [0.5, 0.6) is 5.75 Å². The first-order chi connectivity index (χ1) is 13.2. The van der Waals surface area contributed by atoms with Gasteiger partial charge in [-0.05, 0) is 48.7 Å². The minimum atomic E-state index is -3.62. The average molecular weight is 407 g/mol. The first-order valence-corrected chi connectivity index (χ1v) is 10.6. The molecule has 152 valence electrons. The number of anilines is 1. The number of amides is 2. The van der Waals surface area contributed by atoms with Crippen LogP contribution in [0, 0.1) is 13.8 Å². The smallest absolute Gasteiger partial charge is 0.322 e. The number of methoxy groups -OCH3 is 1. The number of urea groups is 1. The van der Waals surface area contributed by atoms with Crippen LogP contribution in [0.25, 0.3) is 0 Å². The second kappa shape index (κ2) is 9.57. The van der Waals surface area contributed by atoms with Crippen LogP contribution >= 0.6 is 0 Å². The fraction of sp³-hybridized carbons (Fsp3) is 0.350. The summed E-state index contributed by atoms with van der Waals surface area (Å²) in [5.41, 5.74) is 3.59. The van der Waals surface area contributed by atoms with Gasteiger partial charge in [-0.25, -0.2) is 4.79 Å². The largest absolute Gasteiger partial charge is 0.383 e. The summed E-state index contributed by atoms with van der Waals surface area (Å²) in [6.07, 6.45) is 0.988. The molecule has 0 saturated heterocycles. The minimum absolute atomic E-state index is 0.210. The van der Waals surface area contributed by atoms with Gasteiger partial charge in [0.1, 0.15) is 5.75 Å². The van der Waals surface area contributed by atoms with Crippen molar-refractivity contribution in [3.8, 4) is 5.75 Å². The van der Waals surface area contributed by atoms with Gasteiger partial charge in [-0.2, -0.15) is 8.42 Å². The van der Waals surface area contributed by atoms with Crippen molar-refractivity contribution in [3.05, 3.63) is 59.2 Å². The molecular formula is C20H26N2O5S. The van der Waals surface area contributed by atoms with E-state index >= 15 is 0 Å². The van der Waals surface area contributed by atoms with Gasteiger partial charge in [0.2, 0.25) is 0 Å². The van der Waals surface area contributed by atoms with Crippen LogP contribution in [0.4, 0.5) is 10.5 Å². The third-order valence-corrected chi connectivity index (χ3v) is 4.71. The maximum absolute atomic E-state index is 12.8. The SMILES string of the molecule is COCCN(Cc1cccc(OS(C)(=O)=O)c1)C(=O)Nc1cccc(C)c1C. The molecule has 2 rings (SSSR count). The Bertz CT molecular complexity index is 928. The molecule has 0 aliphatic heterocycles. The van der Waals surface area contributed by atoms with Crippen LogP contribution < -0.4 is 9.50 Å². The third-order valence-electron chi connectivity index (χ3n) is 4.22. The highest BCUT2D eigenvalue weighted by Crippen LogP contribution is 2.20. The Balaban J connectivity index is 2.18. The monoisotopic (exact) mass is 406 g/mol. The maximum Gasteiger partial charge on any atom is 0.322 e. The van der Waals surface area contributed by atoms with Gasteiger partial charge < -0.3 is 19.1 Å². The molecule has 0 aliphatic rings. The molecule has 0 bridgehead atoms. The average Bonchev–Trinajstić information content (AvgIpc) is 2.61. The third kappa shape index (κ3) is 6.54. The second-order valence-corrected chi connectivity index (χ2v) is 8.10. The molecule has 0 saturated carbocycles. The van der Waals surface area contributed by atoms with Gasteiger partial charge in [0, 0.05) is 25.9 Å². The molecule has 2 aromatic carbocycles. The molecule has 28 heavy (non-hydrogen) atoms. The van der Waals surface area contributed by atoms with Gasteiger partial charge in [-0.1, -0.05) is 24.3 Å². The van der Waals surface area contributed by atoms with Crippen molar-refractivity contribution in [2.45, 2.75) is 20.4 Å². The molecule has 0 aliphatic carbocycles. The number of aryl methyl sites for hydroxylation is 1. The number of nitrogens with one attached hydrogen (secondary N) is 1. The summed E-state index contributed by atoms with van der Waals surface area (Å²) in [5, 5.41) is 2.94. The van der Waals surface area contributed by atoms with Gasteiger partial charge in [0.25, 0.3) is 0 Å². The molecule has 8 heteroatoms. The van der Waals surface area contributed by atoms with Crippen LogP contribution in [-0.4, -0.2) is 45.9 Å². The lowest BCUT2D eigenvalue weighted by molar-refractivity contribution is 0.153. The van der Waals surface area contributed by atoms with Gasteiger partial charge in [0.15, 0.2) is 0 Å². The number of carbonyl (C=O) groups is 1. The normalized spacial score (nSPS) is 11.1. The number of hydrogen-bond donors (Lipinski definition) is 1. The van der Waals surface area contributed by atoms with Crippen LogP contribution in [0.3, 0.4) is 0 Å². The molecule has 0 aromatic heterocycles. The van der Waals surface area contributed by atoms with Gasteiger partial charge in [-0.3, -0.25) is 0 Å². The van der Waals surface area contributed by atoms with Crippen molar-refractivity contribution >= 4 is 21.8 Å². The highest BCUT2D eigenvalue weighted by Gasteiger charge is 2.16. The number of nitrogens with zero attached hydrogens (tertiary/aromatic N) is 1. The number of carbonyl (C=O) groups excluding carboxylic acids is 1. The Labute approximate surface area is 166 Å². The van der Waals surface area contributed by atoms with E-state index in [2.05, 4.69) is 5.32 Å². The van der Waals surface area contributed by atoms with Crippen molar-refractivity contribution in [2.24, 2.45) is 0 Å². The van der Waals surface area contributed by atoms with E-state index in [1.54, 1.807) is 36.3 Å². The Morgan fingerprint density at radius 3 is 2.54 bits per heavy atom. The fourth-order valence-electron chi connectivity index (χ4n) is 2.63. The number of benzene rings is 2. The standard InChI is InChI=1S/C20H26N2O5S/c1-15-7-5-10-19(16(15)2)21-20(23)22(11-12-26-3)14-17-8-6-9-18(13-17)27-28(4,24)25/h5-10,13H,11-12,14H2,1-4H3,(H,21,23). The quantitative estimate of drug-likeness (QED) is 0.680. The lowest BCUT2D eigenvalue weighted by Gasteiger charge is -2.24. The highest BCUT2D eigenvalue weighted by atomic mass is 32.2. The number of rotatable bonds is 8. The lowest BCUT2D eigenvalue weighted by atomic mass is 10.1. The Morgan fingerprint density at radius 2 is 1.86 bits per heavy atom. The molecule has 2 amide bonds. The van der Waals surface area contributed by atoms with E-state index in [-0.39, 0.29) is 18.3 Å². The van der Waals surface area contributed by atoms with Crippen molar-refractivity contribution in [1.29, 1.82) is 0 Å². The summed E-state index contributed by atoms with van der Waals surface area (Å²) >= 11 is 0. The van der Waals surface area contributed by atoms with E-state index in [1.165, 1.54) is 0 Å². The summed E-state index contributed by atoms with van der Waals surface area (Å²) in [4.78, 5) is 14.4. The van der Waals surface area contributed by atoms with Gasteiger partial charge in [-0.15, -0.1) is 0 Å². The summed E-state index contributed by atoms with van der Waals surface area (Å²) in [5.74, 6) is 0.210. The van der Waals surface area contributed by atoms with Crippen molar-refractivity contribution < 1.29 is 22.1 Å². The van der Waals surface area contributed by atoms with Crippen LogP contribution in [0.15, 0.2) is 42.5 Å². The van der Waals surface area contributed by atoms with E-state index in [0.29, 0.717) is 13.2 Å². The Morgan fingerprint density at radius 1 is 1.14 bits per heavy atom. The lowest BCUT2D eigenvalue weighted by Crippen LogP contribution is -2.37. The van der Waals surface area contributed by atoms with Gasteiger partial charge >= 0.3 is 16.1 Å². The summed E-state index contributed by atoms with van der Waals surface area (Å²) < 4.78 is 32.7. The predicted molar refractivity (Wildman–Crippen MR) is 109 cm³/mol. The van der Waals surface area contributed by atoms with E-state index in [4.69, 9.17) is 8.92 Å². The zero-order chi connectivity index (χ0) is 20.7. The molecule has 2 aromatic rings. The highest BCUT2D eigenvalue weighted by molar-refractivity contribution is 7.86. The molecule has 0 atom stereocenters. The molecule has 0 spiro atoms. The maximum atomic E-state index is 12.8. The zero-order valence-electron chi connectivity index (χ0n) is 16.6. The van der Waals surface area contributed by atoms with Gasteiger partial charge in [0.05, 0.1) is 12.9 Å². The molecular weight excluding hydrogens is 380 g/mol. The van der Waals surface area contributed by atoms with E-state index in [0.717, 1.165) is 28.6 Å². The van der Waals surface area contributed by atoms with Crippen molar-refractivity contribution in [3.63, 3.8) is 0 Å². The molecule has 0 fully saturated rings. The number of ether oxygens (including phenoxy) is 1. The number of hydrogen-bond acceptors (Lipinski definition) is 5. The van der Waals surface area contributed by atoms with E-state index < -0.39 is 10.1 Å². The second-order valence-electron chi connectivity index (χ2n) is 6.53. The Kier molecular flexibility index (Phi) is 7.42. The predicted octanol–water partition coefficient (Wildman–Crippen LogP) is 3.32. The minimum Gasteiger partial charge on any atom is -0.383 e. The topological polar surface area (TPSA) is 84.9 Å². The van der Waals surface area contributed by atoms with Crippen molar-refractivity contribution in [1.82, 2.24) is 4.90 Å². The molecule has 1 N–H and O–H groups in total. The molecule has 0 radical (unpaired) electrons. The zero-order valence-corrected chi connectivity index (χ0v) is 17.4. The first kappa shape index (κ1) is 21.7. The molecule has 7 nitrogen and oxygen atoms in total. The van der Waals surface area contributed by atoms with E-state index in [9.17, 15) is 13.2 Å². The van der Waals surface area contributed by atoms with Crippen molar-refractivity contribution in [2.75, 3.05) is 31.8 Å². The van der Waals surface area contributed by atoms with Crippen LogP contribution in [0.2, 0.25) is 0 Å². The van der Waals surface area contributed by atoms with Crippen LogP contribution in [0.1, 0.15) is 16.7 Å². The summed E-state index contributed by atoms with van der Waals surface area (Å²) in [6.45, 7) is 4.97. The molecule has 0 heterocycles. The first-order valence-electron chi connectivity index (χ1n) is 8.79. The summed E-state index contributed by atoms with van der Waals surface area (Å²) in [6, 6.07) is 12.1. The Hall–Kier alpha value is -2.58.